The molecule has 0 aromatic heterocycles. The van der Waals surface area contributed by atoms with Crippen molar-refractivity contribution in [1.29, 1.82) is 0 Å². The summed E-state index contributed by atoms with van der Waals surface area (Å²) in [4.78, 5) is 13.1. The molecule has 0 amide bonds. The minimum absolute atomic E-state index is 0.221. The molecule has 0 aliphatic carbocycles. The molecule has 2 saturated heterocycles. The van der Waals surface area contributed by atoms with Crippen molar-refractivity contribution in [3.05, 3.63) is 33.9 Å². The van der Waals surface area contributed by atoms with Gasteiger partial charge in [0, 0.05) is 31.2 Å². The van der Waals surface area contributed by atoms with Gasteiger partial charge < -0.3 is 10.2 Å². The average molecular weight is 275 g/mol. The Morgan fingerprint density at radius 1 is 1.30 bits per heavy atom. The number of nitrogens with zero attached hydrogens (tertiary/aromatic N) is 2. The Bertz CT molecular complexity index is 520. The van der Waals surface area contributed by atoms with Crippen molar-refractivity contribution in [2.45, 2.75) is 50.7 Å². The van der Waals surface area contributed by atoms with E-state index in [4.69, 9.17) is 0 Å². The lowest BCUT2D eigenvalue weighted by Gasteiger charge is -2.36. The Kier molecular flexibility index (Phi) is 3.38. The van der Waals surface area contributed by atoms with Gasteiger partial charge in [-0.2, -0.15) is 0 Å². The van der Waals surface area contributed by atoms with Crippen LogP contribution in [0.5, 0.6) is 0 Å². The summed E-state index contributed by atoms with van der Waals surface area (Å²) in [5.41, 5.74) is 1.89. The number of nitro groups is 1. The number of rotatable bonds is 3. The van der Waals surface area contributed by atoms with Crippen LogP contribution in [-0.2, 0) is 0 Å². The third kappa shape index (κ3) is 2.38. The highest BCUT2D eigenvalue weighted by atomic mass is 16.6. The van der Waals surface area contributed by atoms with E-state index in [1.54, 1.807) is 6.07 Å². The highest BCUT2D eigenvalue weighted by molar-refractivity contribution is 5.64. The number of anilines is 1. The van der Waals surface area contributed by atoms with Crippen LogP contribution in [0.1, 0.15) is 31.2 Å². The standard InChI is InChI=1S/C15H21N3O2/c1-10-3-6-14(15(7-10)18(19)20)17(2)13-8-11-4-5-12(9-13)16-11/h3,6-7,11-13,16H,4-5,8-9H2,1-2H3. The summed E-state index contributed by atoms with van der Waals surface area (Å²) >= 11 is 0. The van der Waals surface area contributed by atoms with Crippen LogP contribution in [0.4, 0.5) is 11.4 Å². The van der Waals surface area contributed by atoms with Crippen LogP contribution in [0.3, 0.4) is 0 Å². The van der Waals surface area contributed by atoms with Gasteiger partial charge in [-0.05, 0) is 44.2 Å². The SMILES string of the molecule is Cc1ccc(N(C)C2CC3CCC(C2)N3)c([N+](=O)[O-])c1. The van der Waals surface area contributed by atoms with E-state index in [0.29, 0.717) is 18.1 Å². The number of benzene rings is 1. The van der Waals surface area contributed by atoms with Crippen LogP contribution in [-0.4, -0.2) is 30.1 Å². The van der Waals surface area contributed by atoms with Gasteiger partial charge >= 0.3 is 0 Å². The summed E-state index contributed by atoms with van der Waals surface area (Å²) in [5, 5.41) is 14.9. The molecule has 1 N–H and O–H groups in total. The van der Waals surface area contributed by atoms with E-state index in [1.807, 2.05) is 26.1 Å². The molecule has 1 aromatic rings. The van der Waals surface area contributed by atoms with Crippen molar-refractivity contribution in [2.75, 3.05) is 11.9 Å². The first-order valence-corrected chi connectivity index (χ1v) is 7.28. The first-order chi connectivity index (χ1) is 9.54. The highest BCUT2D eigenvalue weighted by Gasteiger charge is 2.36. The Morgan fingerprint density at radius 2 is 1.95 bits per heavy atom. The molecule has 108 valence electrons. The lowest BCUT2D eigenvalue weighted by Crippen LogP contribution is -2.47. The predicted octanol–water partition coefficient (Wildman–Crippen LogP) is 2.62. The zero-order valence-electron chi connectivity index (χ0n) is 12.0. The molecule has 0 radical (unpaired) electrons. The summed E-state index contributed by atoms with van der Waals surface area (Å²) < 4.78 is 0. The van der Waals surface area contributed by atoms with Crippen molar-refractivity contribution in [1.82, 2.24) is 5.32 Å². The lowest BCUT2D eigenvalue weighted by atomic mass is 9.97. The molecule has 5 heteroatoms. The van der Waals surface area contributed by atoms with Gasteiger partial charge in [0.2, 0.25) is 0 Å². The van der Waals surface area contributed by atoms with Gasteiger partial charge in [-0.25, -0.2) is 0 Å². The Labute approximate surface area is 119 Å². The van der Waals surface area contributed by atoms with Gasteiger partial charge in [-0.15, -0.1) is 0 Å². The van der Waals surface area contributed by atoms with Crippen molar-refractivity contribution in [2.24, 2.45) is 0 Å². The molecule has 2 fully saturated rings. The van der Waals surface area contributed by atoms with E-state index < -0.39 is 0 Å². The molecule has 3 rings (SSSR count). The molecule has 1 aromatic carbocycles. The number of hydrogen-bond donors (Lipinski definition) is 1. The van der Waals surface area contributed by atoms with E-state index in [9.17, 15) is 10.1 Å². The quantitative estimate of drug-likeness (QED) is 0.680. The van der Waals surface area contributed by atoms with Crippen LogP contribution >= 0.6 is 0 Å². The molecule has 2 aliphatic heterocycles. The van der Waals surface area contributed by atoms with Crippen LogP contribution < -0.4 is 10.2 Å². The maximum Gasteiger partial charge on any atom is 0.292 e. The van der Waals surface area contributed by atoms with Crippen LogP contribution in [0.2, 0.25) is 0 Å². The monoisotopic (exact) mass is 275 g/mol. The maximum absolute atomic E-state index is 11.3. The van der Waals surface area contributed by atoms with Crippen molar-refractivity contribution >= 4 is 11.4 Å². The zero-order valence-corrected chi connectivity index (χ0v) is 12.0. The molecule has 2 aliphatic rings. The van der Waals surface area contributed by atoms with E-state index >= 15 is 0 Å². The van der Waals surface area contributed by atoms with E-state index in [-0.39, 0.29) is 10.6 Å². The first kappa shape index (κ1) is 13.4. The second-order valence-electron chi connectivity index (χ2n) is 6.12. The minimum Gasteiger partial charge on any atom is -0.366 e. The summed E-state index contributed by atoms with van der Waals surface area (Å²) in [6.45, 7) is 1.89. The topological polar surface area (TPSA) is 58.4 Å². The fraction of sp³-hybridized carbons (Fsp3) is 0.600. The van der Waals surface area contributed by atoms with Gasteiger partial charge in [0.15, 0.2) is 0 Å². The molecular weight excluding hydrogens is 254 g/mol. The normalized spacial score (nSPS) is 28.4. The number of nitro benzene ring substituents is 1. The van der Waals surface area contributed by atoms with Gasteiger partial charge in [0.1, 0.15) is 5.69 Å². The number of piperidine rings is 1. The first-order valence-electron chi connectivity index (χ1n) is 7.28. The smallest absolute Gasteiger partial charge is 0.292 e. The number of hydrogen-bond acceptors (Lipinski definition) is 4. The Morgan fingerprint density at radius 3 is 2.55 bits per heavy atom. The molecule has 5 nitrogen and oxygen atoms in total. The molecular formula is C15H21N3O2. The molecule has 0 saturated carbocycles. The summed E-state index contributed by atoms with van der Waals surface area (Å²) in [6.07, 6.45) is 4.64. The van der Waals surface area contributed by atoms with E-state index in [1.165, 1.54) is 12.8 Å². The van der Waals surface area contributed by atoms with Crippen molar-refractivity contribution < 1.29 is 4.92 Å². The average Bonchev–Trinajstić information content (AvgIpc) is 2.76. The van der Waals surface area contributed by atoms with Gasteiger partial charge in [0.25, 0.3) is 5.69 Å². The van der Waals surface area contributed by atoms with Crippen LogP contribution in [0, 0.1) is 17.0 Å². The van der Waals surface area contributed by atoms with Gasteiger partial charge in [-0.3, -0.25) is 10.1 Å². The maximum atomic E-state index is 11.3. The van der Waals surface area contributed by atoms with E-state index in [0.717, 1.165) is 24.1 Å². The highest BCUT2D eigenvalue weighted by Crippen LogP contribution is 2.35. The largest absolute Gasteiger partial charge is 0.366 e. The number of fused-ring (bicyclic) bond motifs is 2. The summed E-state index contributed by atoms with van der Waals surface area (Å²) in [7, 11) is 1.99. The molecule has 0 spiro atoms. The van der Waals surface area contributed by atoms with Gasteiger partial charge in [-0.1, -0.05) is 6.07 Å². The van der Waals surface area contributed by atoms with E-state index in [2.05, 4.69) is 10.2 Å². The fourth-order valence-electron chi connectivity index (χ4n) is 3.62. The number of aryl methyl sites for hydroxylation is 1. The predicted molar refractivity (Wildman–Crippen MR) is 79.2 cm³/mol. The molecule has 2 heterocycles. The third-order valence-corrected chi connectivity index (χ3v) is 4.70. The summed E-state index contributed by atoms with van der Waals surface area (Å²) in [5.74, 6) is 0. The fourth-order valence-corrected chi connectivity index (χ4v) is 3.62. The lowest BCUT2D eigenvalue weighted by molar-refractivity contribution is -0.384. The van der Waals surface area contributed by atoms with Crippen molar-refractivity contribution in [3.63, 3.8) is 0 Å². The second-order valence-corrected chi connectivity index (χ2v) is 6.12. The summed E-state index contributed by atoms with van der Waals surface area (Å²) in [6, 6.07) is 7.08. The van der Waals surface area contributed by atoms with Crippen molar-refractivity contribution in [3.8, 4) is 0 Å². The molecule has 2 bridgehead atoms. The second kappa shape index (κ2) is 5.05. The third-order valence-electron chi connectivity index (χ3n) is 4.70. The number of nitrogens with one attached hydrogen (secondary N) is 1. The molecule has 2 unspecified atom stereocenters. The Balaban J connectivity index is 1.87. The van der Waals surface area contributed by atoms with Crippen LogP contribution in [0.15, 0.2) is 18.2 Å². The Hall–Kier alpha value is -1.62. The van der Waals surface area contributed by atoms with Gasteiger partial charge in [0.05, 0.1) is 4.92 Å². The van der Waals surface area contributed by atoms with Crippen LogP contribution in [0.25, 0.3) is 0 Å². The zero-order chi connectivity index (χ0) is 14.3. The molecule has 2 atom stereocenters. The molecule has 20 heavy (non-hydrogen) atoms. The minimum atomic E-state index is -0.269.